The van der Waals surface area contributed by atoms with Gasteiger partial charge < -0.3 is 10.1 Å². The maximum atomic E-state index is 11.3. The van der Waals surface area contributed by atoms with E-state index in [-0.39, 0.29) is 13.3 Å². The van der Waals surface area contributed by atoms with E-state index in [9.17, 15) is 4.79 Å². The SMILES string of the molecule is COc1ccc(NC(=O)C(C)C)cc1.[HH]. The van der Waals surface area contributed by atoms with E-state index in [4.69, 9.17) is 4.74 Å². The minimum Gasteiger partial charge on any atom is -0.497 e. The lowest BCUT2D eigenvalue weighted by Gasteiger charge is -2.07. The molecule has 1 N–H and O–H groups in total. The van der Waals surface area contributed by atoms with Crippen LogP contribution in [0.3, 0.4) is 0 Å². The first kappa shape index (κ1) is 10.6. The summed E-state index contributed by atoms with van der Waals surface area (Å²) < 4.78 is 5.01. The number of hydrogen-bond acceptors (Lipinski definition) is 2. The van der Waals surface area contributed by atoms with Crippen LogP contribution in [-0.2, 0) is 4.79 Å². The van der Waals surface area contributed by atoms with Crippen molar-refractivity contribution in [1.29, 1.82) is 0 Å². The molecular weight excluding hydrogens is 178 g/mol. The molecule has 1 amide bonds. The van der Waals surface area contributed by atoms with Crippen molar-refractivity contribution in [2.24, 2.45) is 5.92 Å². The molecule has 0 heterocycles. The van der Waals surface area contributed by atoms with Gasteiger partial charge in [0.2, 0.25) is 5.91 Å². The molecule has 1 rings (SSSR count). The number of nitrogens with one attached hydrogen (secondary N) is 1. The van der Waals surface area contributed by atoms with Crippen molar-refractivity contribution in [3.8, 4) is 5.75 Å². The Morgan fingerprint density at radius 1 is 1.36 bits per heavy atom. The number of carbonyl (C=O) groups is 1. The van der Waals surface area contributed by atoms with Gasteiger partial charge in [0.25, 0.3) is 0 Å². The fourth-order valence-corrected chi connectivity index (χ4v) is 0.961. The highest BCUT2D eigenvalue weighted by atomic mass is 16.5. The Balaban J connectivity index is 0.00000196. The molecule has 0 aliphatic rings. The van der Waals surface area contributed by atoms with Gasteiger partial charge >= 0.3 is 0 Å². The van der Waals surface area contributed by atoms with Crippen LogP contribution in [0.1, 0.15) is 15.3 Å². The summed E-state index contributed by atoms with van der Waals surface area (Å²) in [7, 11) is 1.61. The molecule has 0 spiro atoms. The molecule has 0 atom stereocenters. The molecule has 0 aliphatic carbocycles. The standard InChI is InChI=1S/C11H15NO2.H2/c1-8(2)11(13)12-9-4-6-10(14-3)7-5-9;/h4-8H,1-3H3,(H,12,13);1H. The van der Waals surface area contributed by atoms with Crippen LogP contribution in [0.5, 0.6) is 5.75 Å². The fraction of sp³-hybridized carbons (Fsp3) is 0.364. The molecule has 1 aromatic carbocycles. The van der Waals surface area contributed by atoms with Crippen LogP contribution in [0.2, 0.25) is 0 Å². The molecule has 0 aliphatic heterocycles. The summed E-state index contributed by atoms with van der Waals surface area (Å²) in [6.07, 6.45) is 0. The summed E-state index contributed by atoms with van der Waals surface area (Å²) in [5.41, 5.74) is 0.796. The van der Waals surface area contributed by atoms with Crippen molar-refractivity contribution >= 4 is 11.6 Å². The Kier molecular flexibility index (Phi) is 3.51. The lowest BCUT2D eigenvalue weighted by molar-refractivity contribution is -0.118. The second-order valence-electron chi connectivity index (χ2n) is 3.37. The van der Waals surface area contributed by atoms with Crippen molar-refractivity contribution in [3.63, 3.8) is 0 Å². The molecule has 3 heteroatoms. The molecule has 0 aromatic heterocycles. The van der Waals surface area contributed by atoms with Gasteiger partial charge in [0.15, 0.2) is 0 Å². The highest BCUT2D eigenvalue weighted by Crippen LogP contribution is 2.15. The molecule has 0 saturated heterocycles. The summed E-state index contributed by atoms with van der Waals surface area (Å²) in [6.45, 7) is 3.72. The van der Waals surface area contributed by atoms with Gasteiger partial charge in [-0.25, -0.2) is 0 Å². The van der Waals surface area contributed by atoms with E-state index in [1.165, 1.54) is 0 Å². The topological polar surface area (TPSA) is 38.3 Å². The summed E-state index contributed by atoms with van der Waals surface area (Å²) >= 11 is 0. The van der Waals surface area contributed by atoms with Gasteiger partial charge in [-0.3, -0.25) is 4.79 Å². The van der Waals surface area contributed by atoms with Gasteiger partial charge in [0.1, 0.15) is 5.75 Å². The van der Waals surface area contributed by atoms with Gasteiger partial charge in [-0.1, -0.05) is 13.8 Å². The first-order valence-corrected chi connectivity index (χ1v) is 4.58. The monoisotopic (exact) mass is 195 g/mol. The zero-order valence-electron chi connectivity index (χ0n) is 8.70. The van der Waals surface area contributed by atoms with Gasteiger partial charge in [0, 0.05) is 13.0 Å². The van der Waals surface area contributed by atoms with Crippen molar-refractivity contribution < 1.29 is 11.0 Å². The van der Waals surface area contributed by atoms with E-state index < -0.39 is 0 Å². The molecule has 0 saturated carbocycles. The predicted molar refractivity (Wildman–Crippen MR) is 58.6 cm³/mol. The van der Waals surface area contributed by atoms with E-state index in [2.05, 4.69) is 5.32 Å². The third-order valence-corrected chi connectivity index (χ3v) is 1.88. The third kappa shape index (κ3) is 2.76. The second-order valence-corrected chi connectivity index (χ2v) is 3.37. The summed E-state index contributed by atoms with van der Waals surface area (Å²) in [6, 6.07) is 7.27. The quantitative estimate of drug-likeness (QED) is 0.804. The zero-order chi connectivity index (χ0) is 10.6. The number of benzene rings is 1. The Morgan fingerprint density at radius 2 is 1.93 bits per heavy atom. The predicted octanol–water partition coefficient (Wildman–Crippen LogP) is 2.54. The molecule has 1 aromatic rings. The summed E-state index contributed by atoms with van der Waals surface area (Å²) in [5.74, 6) is 0.805. The molecule has 0 fully saturated rings. The number of carbonyl (C=O) groups excluding carboxylic acids is 1. The van der Waals surface area contributed by atoms with Crippen LogP contribution in [0.25, 0.3) is 0 Å². The summed E-state index contributed by atoms with van der Waals surface area (Å²) in [4.78, 5) is 11.3. The maximum absolute atomic E-state index is 11.3. The van der Waals surface area contributed by atoms with E-state index in [1.54, 1.807) is 7.11 Å². The van der Waals surface area contributed by atoms with Crippen molar-refractivity contribution in [2.75, 3.05) is 12.4 Å². The fourth-order valence-electron chi connectivity index (χ4n) is 0.961. The lowest BCUT2D eigenvalue weighted by atomic mass is 10.2. The summed E-state index contributed by atoms with van der Waals surface area (Å²) in [5, 5.41) is 2.80. The van der Waals surface area contributed by atoms with Gasteiger partial charge in [0.05, 0.1) is 7.11 Å². The Hall–Kier alpha value is -1.51. The second kappa shape index (κ2) is 4.65. The Morgan fingerprint density at radius 3 is 2.36 bits per heavy atom. The highest BCUT2D eigenvalue weighted by molar-refractivity contribution is 5.92. The molecule has 3 nitrogen and oxygen atoms in total. The average Bonchev–Trinajstić information content (AvgIpc) is 2.19. The first-order valence-electron chi connectivity index (χ1n) is 4.58. The van der Waals surface area contributed by atoms with Gasteiger partial charge in [-0.15, -0.1) is 0 Å². The van der Waals surface area contributed by atoms with E-state index >= 15 is 0 Å². The molecule has 14 heavy (non-hydrogen) atoms. The smallest absolute Gasteiger partial charge is 0.226 e. The Bertz CT molecular complexity index is 309. The number of rotatable bonds is 3. The highest BCUT2D eigenvalue weighted by Gasteiger charge is 2.06. The average molecular weight is 195 g/mol. The van der Waals surface area contributed by atoms with Crippen molar-refractivity contribution in [1.82, 2.24) is 0 Å². The van der Waals surface area contributed by atoms with Gasteiger partial charge in [-0.2, -0.15) is 0 Å². The molecular formula is C11H17NO2. The minimum atomic E-state index is -0.00268. The normalized spacial score (nSPS) is 10.0. The van der Waals surface area contributed by atoms with Crippen LogP contribution in [0.4, 0.5) is 5.69 Å². The van der Waals surface area contributed by atoms with Crippen LogP contribution in [0, 0.1) is 5.92 Å². The van der Waals surface area contributed by atoms with E-state index in [0.29, 0.717) is 0 Å². The molecule has 0 radical (unpaired) electrons. The van der Waals surface area contributed by atoms with Crippen LogP contribution < -0.4 is 10.1 Å². The lowest BCUT2D eigenvalue weighted by Crippen LogP contribution is -2.17. The number of amides is 1. The van der Waals surface area contributed by atoms with Crippen LogP contribution in [0.15, 0.2) is 24.3 Å². The molecule has 0 unspecified atom stereocenters. The third-order valence-electron chi connectivity index (χ3n) is 1.88. The number of methoxy groups -OCH3 is 1. The number of anilines is 1. The molecule has 78 valence electrons. The van der Waals surface area contributed by atoms with Crippen molar-refractivity contribution in [2.45, 2.75) is 13.8 Å². The maximum Gasteiger partial charge on any atom is 0.226 e. The van der Waals surface area contributed by atoms with Gasteiger partial charge in [-0.05, 0) is 24.3 Å². The largest absolute Gasteiger partial charge is 0.497 e. The minimum absolute atomic E-state index is 0. The van der Waals surface area contributed by atoms with Crippen molar-refractivity contribution in [3.05, 3.63) is 24.3 Å². The molecule has 0 bridgehead atoms. The number of ether oxygens (including phenoxy) is 1. The number of hydrogen-bond donors (Lipinski definition) is 1. The van der Waals surface area contributed by atoms with Crippen LogP contribution >= 0.6 is 0 Å². The van der Waals surface area contributed by atoms with E-state index in [1.807, 2.05) is 38.1 Å². The first-order chi connectivity index (χ1) is 6.63. The van der Waals surface area contributed by atoms with Crippen LogP contribution in [-0.4, -0.2) is 13.0 Å². The Labute approximate surface area is 85.6 Å². The van der Waals surface area contributed by atoms with E-state index in [0.717, 1.165) is 11.4 Å². The zero-order valence-corrected chi connectivity index (χ0v) is 8.70.